The zero-order valence-corrected chi connectivity index (χ0v) is 13.0. The fraction of sp³-hybridized carbons (Fsp3) is 0.118. The summed E-state index contributed by atoms with van der Waals surface area (Å²) in [5, 5.41) is 0. The second-order valence-electron chi connectivity index (χ2n) is 4.65. The molecule has 0 amide bonds. The molecule has 0 saturated carbocycles. The predicted molar refractivity (Wildman–Crippen MR) is 83.4 cm³/mol. The van der Waals surface area contributed by atoms with Gasteiger partial charge in [-0.15, -0.1) is 0 Å². The molecule has 0 saturated heterocycles. The minimum absolute atomic E-state index is 0.350. The maximum atomic E-state index is 12.5. The van der Waals surface area contributed by atoms with E-state index in [4.69, 9.17) is 0 Å². The summed E-state index contributed by atoms with van der Waals surface area (Å²) in [7, 11) is 0. The number of rotatable bonds is 5. The molecule has 0 N–H and O–H groups in total. The number of carbonyl (C=O) groups is 3. The molecule has 2 aromatic carbocycles. The van der Waals surface area contributed by atoms with Crippen molar-refractivity contribution in [1.82, 2.24) is 0 Å². The van der Waals surface area contributed by atoms with E-state index < -0.39 is 23.3 Å². The van der Waals surface area contributed by atoms with Crippen molar-refractivity contribution >= 4 is 33.3 Å². The molecule has 0 spiro atoms. The summed E-state index contributed by atoms with van der Waals surface area (Å²) in [6, 6.07) is 15.0. The molecule has 2 rings (SSSR count). The van der Waals surface area contributed by atoms with Crippen LogP contribution in [-0.4, -0.2) is 17.3 Å². The SMILES string of the molecule is CC(=O)[C@H](C(=O)c1ccccc1)C(=O)c1ccc(Br)cc1. The third-order valence-electron chi connectivity index (χ3n) is 3.12. The van der Waals surface area contributed by atoms with Crippen molar-refractivity contribution in [1.29, 1.82) is 0 Å². The van der Waals surface area contributed by atoms with Crippen molar-refractivity contribution in [2.75, 3.05) is 0 Å². The molecule has 0 heterocycles. The van der Waals surface area contributed by atoms with E-state index >= 15 is 0 Å². The molecule has 0 aliphatic heterocycles. The second-order valence-corrected chi connectivity index (χ2v) is 5.56. The highest BCUT2D eigenvalue weighted by Gasteiger charge is 2.32. The zero-order valence-electron chi connectivity index (χ0n) is 11.4. The normalized spacial score (nSPS) is 11.7. The minimum Gasteiger partial charge on any atom is -0.299 e. The molecular weight excluding hydrogens is 332 g/mol. The van der Waals surface area contributed by atoms with Gasteiger partial charge in [-0.3, -0.25) is 14.4 Å². The number of hydrogen-bond acceptors (Lipinski definition) is 3. The summed E-state index contributed by atoms with van der Waals surface area (Å²) in [4.78, 5) is 36.7. The predicted octanol–water partition coefficient (Wildman–Crippen LogP) is 3.72. The number of benzene rings is 2. The first kappa shape index (κ1) is 15.3. The van der Waals surface area contributed by atoms with Crippen LogP contribution in [0.25, 0.3) is 0 Å². The third kappa shape index (κ3) is 3.52. The standard InChI is InChI=1S/C17H13BrO3/c1-11(19)15(16(20)12-5-3-2-4-6-12)17(21)13-7-9-14(18)10-8-13/h2-10,15H,1H3/t15-/m1/s1. The van der Waals surface area contributed by atoms with Crippen LogP contribution < -0.4 is 0 Å². The lowest BCUT2D eigenvalue weighted by Gasteiger charge is -2.12. The van der Waals surface area contributed by atoms with Crippen LogP contribution in [0.15, 0.2) is 59.1 Å². The molecule has 2 aromatic rings. The van der Waals surface area contributed by atoms with Gasteiger partial charge in [-0.05, 0) is 19.1 Å². The monoisotopic (exact) mass is 344 g/mol. The molecule has 106 valence electrons. The Hall–Kier alpha value is -2.07. The molecule has 0 radical (unpaired) electrons. The Kier molecular flexibility index (Phi) is 4.81. The Morgan fingerprint density at radius 2 is 1.29 bits per heavy atom. The van der Waals surface area contributed by atoms with Gasteiger partial charge in [-0.25, -0.2) is 0 Å². The number of Topliss-reactive ketones (excluding diaryl/α,β-unsaturated/α-hetero) is 3. The number of hydrogen-bond donors (Lipinski definition) is 0. The lowest BCUT2D eigenvalue weighted by atomic mass is 9.87. The first-order valence-corrected chi connectivity index (χ1v) is 7.19. The van der Waals surface area contributed by atoms with Gasteiger partial charge in [0.2, 0.25) is 0 Å². The number of carbonyl (C=O) groups excluding carboxylic acids is 3. The second kappa shape index (κ2) is 6.59. The van der Waals surface area contributed by atoms with Gasteiger partial charge < -0.3 is 0 Å². The van der Waals surface area contributed by atoms with Gasteiger partial charge in [0.05, 0.1) is 0 Å². The van der Waals surface area contributed by atoms with Gasteiger partial charge in [-0.2, -0.15) is 0 Å². The highest BCUT2D eigenvalue weighted by molar-refractivity contribution is 9.10. The van der Waals surface area contributed by atoms with Gasteiger partial charge in [0.25, 0.3) is 0 Å². The van der Waals surface area contributed by atoms with E-state index in [0.29, 0.717) is 11.1 Å². The molecule has 0 fully saturated rings. The molecule has 3 nitrogen and oxygen atoms in total. The quantitative estimate of drug-likeness (QED) is 0.613. The fourth-order valence-electron chi connectivity index (χ4n) is 2.04. The van der Waals surface area contributed by atoms with Crippen molar-refractivity contribution < 1.29 is 14.4 Å². The largest absolute Gasteiger partial charge is 0.299 e. The molecule has 0 aliphatic carbocycles. The number of halogens is 1. The minimum atomic E-state index is -1.28. The topological polar surface area (TPSA) is 51.2 Å². The summed E-state index contributed by atoms with van der Waals surface area (Å²) in [6.07, 6.45) is 0. The van der Waals surface area contributed by atoms with Crippen molar-refractivity contribution in [3.8, 4) is 0 Å². The van der Waals surface area contributed by atoms with Gasteiger partial charge in [0.1, 0.15) is 11.7 Å². The highest BCUT2D eigenvalue weighted by atomic mass is 79.9. The maximum Gasteiger partial charge on any atom is 0.181 e. The molecule has 4 heteroatoms. The van der Waals surface area contributed by atoms with Crippen LogP contribution in [0.3, 0.4) is 0 Å². The Morgan fingerprint density at radius 3 is 1.76 bits per heavy atom. The maximum absolute atomic E-state index is 12.5. The number of ketones is 3. The van der Waals surface area contributed by atoms with Crippen LogP contribution >= 0.6 is 15.9 Å². The average molecular weight is 345 g/mol. The van der Waals surface area contributed by atoms with E-state index in [-0.39, 0.29) is 0 Å². The molecular formula is C17H13BrO3. The smallest absolute Gasteiger partial charge is 0.181 e. The summed E-state index contributed by atoms with van der Waals surface area (Å²) in [5.74, 6) is -2.66. The van der Waals surface area contributed by atoms with E-state index in [2.05, 4.69) is 15.9 Å². The molecule has 0 bridgehead atoms. The molecule has 0 unspecified atom stereocenters. The van der Waals surface area contributed by atoms with E-state index in [0.717, 1.165) is 4.47 Å². The zero-order chi connectivity index (χ0) is 15.4. The van der Waals surface area contributed by atoms with Crippen molar-refractivity contribution in [2.24, 2.45) is 5.92 Å². The first-order chi connectivity index (χ1) is 10.0. The molecule has 21 heavy (non-hydrogen) atoms. The lowest BCUT2D eigenvalue weighted by molar-refractivity contribution is -0.118. The van der Waals surface area contributed by atoms with Crippen molar-refractivity contribution in [3.05, 3.63) is 70.2 Å². The third-order valence-corrected chi connectivity index (χ3v) is 3.65. The highest BCUT2D eigenvalue weighted by Crippen LogP contribution is 2.18. The van der Waals surface area contributed by atoms with E-state index in [1.54, 1.807) is 54.6 Å². The molecule has 0 aromatic heterocycles. The Bertz CT molecular complexity index is 675. The van der Waals surface area contributed by atoms with Crippen LogP contribution in [0.5, 0.6) is 0 Å². The van der Waals surface area contributed by atoms with Gasteiger partial charge in [0, 0.05) is 15.6 Å². The summed E-state index contributed by atoms with van der Waals surface area (Å²) >= 11 is 3.28. The van der Waals surface area contributed by atoms with Gasteiger partial charge in [0.15, 0.2) is 11.6 Å². The molecule has 1 atom stereocenters. The Labute approximate surface area is 131 Å². The first-order valence-electron chi connectivity index (χ1n) is 6.40. The van der Waals surface area contributed by atoms with Gasteiger partial charge in [-0.1, -0.05) is 58.4 Å². The fourth-order valence-corrected chi connectivity index (χ4v) is 2.30. The summed E-state index contributed by atoms with van der Waals surface area (Å²) < 4.78 is 0.827. The van der Waals surface area contributed by atoms with Crippen LogP contribution in [0.4, 0.5) is 0 Å². The van der Waals surface area contributed by atoms with Crippen LogP contribution in [-0.2, 0) is 4.79 Å². The van der Waals surface area contributed by atoms with E-state index in [1.807, 2.05) is 0 Å². The van der Waals surface area contributed by atoms with Crippen molar-refractivity contribution in [2.45, 2.75) is 6.92 Å². The molecule has 0 aliphatic rings. The average Bonchev–Trinajstić information content (AvgIpc) is 2.48. The summed E-state index contributed by atoms with van der Waals surface area (Å²) in [5.41, 5.74) is 0.714. The van der Waals surface area contributed by atoms with Crippen molar-refractivity contribution in [3.63, 3.8) is 0 Å². The van der Waals surface area contributed by atoms with Crippen LogP contribution in [0, 0.1) is 5.92 Å². The van der Waals surface area contributed by atoms with E-state index in [1.165, 1.54) is 6.92 Å². The van der Waals surface area contributed by atoms with Gasteiger partial charge >= 0.3 is 0 Å². The van der Waals surface area contributed by atoms with E-state index in [9.17, 15) is 14.4 Å². The van der Waals surface area contributed by atoms with Crippen LogP contribution in [0.2, 0.25) is 0 Å². The van der Waals surface area contributed by atoms with Crippen LogP contribution in [0.1, 0.15) is 27.6 Å². The Morgan fingerprint density at radius 1 is 0.810 bits per heavy atom. The Balaban J connectivity index is 2.35. The lowest BCUT2D eigenvalue weighted by Crippen LogP contribution is -2.30. The summed E-state index contributed by atoms with van der Waals surface area (Å²) in [6.45, 7) is 1.27.